The van der Waals surface area contributed by atoms with E-state index >= 15 is 0 Å². The minimum atomic E-state index is -0.226. The molecule has 0 aliphatic carbocycles. The Morgan fingerprint density at radius 3 is 2.83 bits per heavy atom. The number of halogens is 1. The fourth-order valence-electron chi connectivity index (χ4n) is 3.26. The number of rotatable bonds is 5. The molecule has 4 rings (SSSR count). The van der Waals surface area contributed by atoms with Crippen molar-refractivity contribution in [2.45, 2.75) is 37.8 Å². The average Bonchev–Trinajstić information content (AvgIpc) is 3.09. The SMILES string of the molecule is Cc1ccc(OCc2nc(C)c(C(=O)N[C@@H]3CCSc4c(F)cccc43)s2)cc1. The number of nitrogens with zero attached hydrogens (tertiary/aromatic N) is 1. The van der Waals surface area contributed by atoms with Crippen LogP contribution in [0.25, 0.3) is 0 Å². The van der Waals surface area contributed by atoms with Gasteiger partial charge in [-0.3, -0.25) is 4.79 Å². The topological polar surface area (TPSA) is 51.2 Å². The highest BCUT2D eigenvalue weighted by molar-refractivity contribution is 7.99. The van der Waals surface area contributed by atoms with Crippen LogP contribution in [0.5, 0.6) is 5.75 Å². The van der Waals surface area contributed by atoms with E-state index in [1.165, 1.54) is 34.7 Å². The van der Waals surface area contributed by atoms with E-state index in [-0.39, 0.29) is 17.8 Å². The molecule has 1 aromatic heterocycles. The van der Waals surface area contributed by atoms with Gasteiger partial charge in [-0.15, -0.1) is 23.1 Å². The summed E-state index contributed by atoms with van der Waals surface area (Å²) in [5.41, 5.74) is 2.70. The van der Waals surface area contributed by atoms with E-state index in [4.69, 9.17) is 4.74 Å². The van der Waals surface area contributed by atoms with Crippen LogP contribution in [0.3, 0.4) is 0 Å². The van der Waals surface area contributed by atoms with Crippen LogP contribution in [0.15, 0.2) is 47.4 Å². The van der Waals surface area contributed by atoms with Crippen LogP contribution in [-0.2, 0) is 6.61 Å². The molecule has 1 amide bonds. The summed E-state index contributed by atoms with van der Waals surface area (Å²) in [6.45, 7) is 4.16. The second-order valence-electron chi connectivity index (χ2n) is 6.95. The van der Waals surface area contributed by atoms with Crippen LogP contribution < -0.4 is 10.1 Å². The lowest BCUT2D eigenvalue weighted by Crippen LogP contribution is -2.30. The van der Waals surface area contributed by atoms with Gasteiger partial charge in [-0.1, -0.05) is 29.8 Å². The molecule has 2 aromatic carbocycles. The van der Waals surface area contributed by atoms with Gasteiger partial charge in [-0.05, 0) is 44.0 Å². The smallest absolute Gasteiger partial charge is 0.263 e. The summed E-state index contributed by atoms with van der Waals surface area (Å²) in [5, 5.41) is 3.81. The van der Waals surface area contributed by atoms with Gasteiger partial charge in [0.05, 0.1) is 11.7 Å². The van der Waals surface area contributed by atoms with Crippen molar-refractivity contribution in [1.82, 2.24) is 10.3 Å². The van der Waals surface area contributed by atoms with Crippen molar-refractivity contribution < 1.29 is 13.9 Å². The van der Waals surface area contributed by atoms with Crippen LogP contribution >= 0.6 is 23.1 Å². The molecule has 4 nitrogen and oxygen atoms in total. The zero-order valence-corrected chi connectivity index (χ0v) is 17.8. The number of aryl methyl sites for hydroxylation is 2. The van der Waals surface area contributed by atoms with Gasteiger partial charge in [0, 0.05) is 10.6 Å². The lowest BCUT2D eigenvalue weighted by molar-refractivity contribution is 0.0938. The number of carbonyl (C=O) groups excluding carboxylic acids is 1. The highest BCUT2D eigenvalue weighted by atomic mass is 32.2. The van der Waals surface area contributed by atoms with Gasteiger partial charge in [-0.25, -0.2) is 9.37 Å². The van der Waals surface area contributed by atoms with Gasteiger partial charge in [0.2, 0.25) is 0 Å². The number of aromatic nitrogens is 1. The third-order valence-corrected chi connectivity index (χ3v) is 7.05. The Morgan fingerprint density at radius 2 is 2.03 bits per heavy atom. The molecule has 1 N–H and O–H groups in total. The van der Waals surface area contributed by atoms with E-state index in [9.17, 15) is 9.18 Å². The van der Waals surface area contributed by atoms with E-state index in [0.29, 0.717) is 22.1 Å². The predicted octanol–water partition coefficient (Wildman–Crippen LogP) is 5.44. The third-order valence-electron chi connectivity index (χ3n) is 4.76. The molecule has 0 fully saturated rings. The van der Waals surface area contributed by atoms with Gasteiger partial charge in [0.1, 0.15) is 28.1 Å². The zero-order chi connectivity index (χ0) is 20.4. The molecular weight excluding hydrogens is 407 g/mol. The molecule has 7 heteroatoms. The Morgan fingerprint density at radius 1 is 1.24 bits per heavy atom. The van der Waals surface area contributed by atoms with Crippen LogP contribution in [0.4, 0.5) is 4.39 Å². The minimum absolute atomic E-state index is 0.173. The number of hydrogen-bond acceptors (Lipinski definition) is 5. The predicted molar refractivity (Wildman–Crippen MR) is 114 cm³/mol. The second kappa shape index (κ2) is 8.55. The van der Waals surface area contributed by atoms with Gasteiger partial charge < -0.3 is 10.1 Å². The quantitative estimate of drug-likeness (QED) is 0.588. The van der Waals surface area contributed by atoms with Gasteiger partial charge in [0.25, 0.3) is 5.91 Å². The highest BCUT2D eigenvalue weighted by Crippen LogP contribution is 2.38. The molecule has 0 spiro atoms. The maximum Gasteiger partial charge on any atom is 0.263 e. The van der Waals surface area contributed by atoms with E-state index in [1.54, 1.807) is 6.07 Å². The monoisotopic (exact) mass is 428 g/mol. The Balaban J connectivity index is 1.45. The summed E-state index contributed by atoms with van der Waals surface area (Å²) in [7, 11) is 0. The number of amides is 1. The lowest BCUT2D eigenvalue weighted by Gasteiger charge is -2.26. The van der Waals surface area contributed by atoms with Crippen molar-refractivity contribution in [3.05, 3.63) is 75.0 Å². The first-order chi connectivity index (χ1) is 14.0. The molecule has 29 heavy (non-hydrogen) atoms. The first kappa shape index (κ1) is 19.9. The van der Waals surface area contributed by atoms with Crippen molar-refractivity contribution in [1.29, 1.82) is 0 Å². The van der Waals surface area contributed by atoms with Crippen LogP contribution in [0, 0.1) is 19.7 Å². The molecular formula is C22H21FN2O2S2. The van der Waals surface area contributed by atoms with Gasteiger partial charge in [0.15, 0.2) is 0 Å². The molecule has 0 radical (unpaired) electrons. The minimum Gasteiger partial charge on any atom is -0.486 e. The zero-order valence-electron chi connectivity index (χ0n) is 16.2. The van der Waals surface area contributed by atoms with Crippen LogP contribution in [0.2, 0.25) is 0 Å². The average molecular weight is 429 g/mol. The largest absolute Gasteiger partial charge is 0.486 e. The second-order valence-corrected chi connectivity index (χ2v) is 9.13. The summed E-state index contributed by atoms with van der Waals surface area (Å²) in [4.78, 5) is 18.6. The van der Waals surface area contributed by atoms with Crippen molar-refractivity contribution >= 4 is 29.0 Å². The summed E-state index contributed by atoms with van der Waals surface area (Å²) in [6.07, 6.45) is 0.772. The van der Waals surface area contributed by atoms with Gasteiger partial charge >= 0.3 is 0 Å². The maximum absolute atomic E-state index is 14.1. The molecule has 2 heterocycles. The molecule has 150 valence electrons. The molecule has 0 bridgehead atoms. The Labute approximate surface area is 177 Å². The normalized spacial score (nSPS) is 15.6. The molecule has 0 unspecified atom stereocenters. The maximum atomic E-state index is 14.1. The van der Waals surface area contributed by atoms with E-state index in [2.05, 4.69) is 10.3 Å². The van der Waals surface area contributed by atoms with Crippen molar-refractivity contribution in [2.75, 3.05) is 5.75 Å². The Hall–Kier alpha value is -2.38. The molecule has 0 saturated carbocycles. The number of fused-ring (bicyclic) bond motifs is 1. The van der Waals surface area contributed by atoms with E-state index < -0.39 is 0 Å². The van der Waals surface area contributed by atoms with E-state index in [1.807, 2.05) is 44.2 Å². The molecule has 3 aromatic rings. The Kier molecular flexibility index (Phi) is 5.87. The highest BCUT2D eigenvalue weighted by Gasteiger charge is 2.26. The summed E-state index contributed by atoms with van der Waals surface area (Å²) in [5.74, 6) is 1.15. The fraction of sp³-hybridized carbons (Fsp3) is 0.273. The van der Waals surface area contributed by atoms with Crippen molar-refractivity contribution in [2.24, 2.45) is 0 Å². The first-order valence-electron chi connectivity index (χ1n) is 9.39. The summed E-state index contributed by atoms with van der Waals surface area (Å²) in [6, 6.07) is 12.7. The Bertz CT molecular complexity index is 1030. The summed E-state index contributed by atoms with van der Waals surface area (Å²) < 4.78 is 19.8. The molecule has 1 aliphatic rings. The number of ether oxygens (including phenoxy) is 1. The van der Waals surface area contributed by atoms with Crippen LogP contribution in [0.1, 0.15) is 44.0 Å². The number of thioether (sulfide) groups is 1. The standard InChI is InChI=1S/C22H21FN2O2S2/c1-13-6-8-15(9-7-13)27-12-19-24-14(2)20(29-19)22(26)25-18-10-11-28-21-16(18)4-3-5-17(21)23/h3-9,18H,10-12H2,1-2H3,(H,25,26)/t18-/m1/s1. The number of benzene rings is 2. The van der Waals surface area contributed by atoms with Crippen molar-refractivity contribution in [3.8, 4) is 5.75 Å². The molecule has 1 atom stereocenters. The number of thiazole rings is 1. The number of nitrogens with one attached hydrogen (secondary N) is 1. The summed E-state index contributed by atoms with van der Waals surface area (Å²) >= 11 is 2.84. The number of carbonyl (C=O) groups is 1. The van der Waals surface area contributed by atoms with Crippen molar-refractivity contribution in [3.63, 3.8) is 0 Å². The molecule has 0 saturated heterocycles. The van der Waals surface area contributed by atoms with Gasteiger partial charge in [-0.2, -0.15) is 0 Å². The van der Waals surface area contributed by atoms with E-state index in [0.717, 1.165) is 28.5 Å². The lowest BCUT2D eigenvalue weighted by atomic mass is 10.0. The third kappa shape index (κ3) is 4.46. The fourth-order valence-corrected chi connectivity index (χ4v) is 5.29. The number of hydrogen-bond donors (Lipinski definition) is 1. The molecule has 1 aliphatic heterocycles. The first-order valence-corrected chi connectivity index (χ1v) is 11.2. The van der Waals surface area contributed by atoms with Crippen LogP contribution in [-0.4, -0.2) is 16.6 Å².